The van der Waals surface area contributed by atoms with Crippen LogP contribution in [0.25, 0.3) is 0 Å². The van der Waals surface area contributed by atoms with Crippen molar-refractivity contribution in [2.24, 2.45) is 4.99 Å². The lowest BCUT2D eigenvalue weighted by Gasteiger charge is -2.43. The molecule has 1 heterocycles. The lowest BCUT2D eigenvalue weighted by atomic mass is 9.88. The molecule has 0 spiro atoms. The molecule has 0 saturated carbocycles. The molecule has 1 aliphatic rings. The van der Waals surface area contributed by atoms with Gasteiger partial charge >= 0.3 is 0 Å². The van der Waals surface area contributed by atoms with Gasteiger partial charge in [0.05, 0.1) is 12.6 Å². The van der Waals surface area contributed by atoms with Crippen LogP contribution in [0, 0.1) is 6.92 Å². The summed E-state index contributed by atoms with van der Waals surface area (Å²) in [7, 11) is 4.31. The van der Waals surface area contributed by atoms with E-state index in [4.69, 9.17) is 14.5 Å². The monoisotopic (exact) mass is 404 g/mol. The van der Waals surface area contributed by atoms with Gasteiger partial charge in [0.1, 0.15) is 5.75 Å². The van der Waals surface area contributed by atoms with Gasteiger partial charge in [0, 0.05) is 37.4 Å². The van der Waals surface area contributed by atoms with Gasteiger partial charge in [0.15, 0.2) is 5.96 Å². The summed E-state index contributed by atoms with van der Waals surface area (Å²) in [5.74, 6) is 1.78. The predicted octanol–water partition coefficient (Wildman–Crippen LogP) is 3.34. The second-order valence-corrected chi connectivity index (χ2v) is 8.23. The molecule has 6 heteroatoms. The molecular formula is C23H40N4O2. The van der Waals surface area contributed by atoms with Crippen molar-refractivity contribution in [2.75, 3.05) is 40.4 Å². The highest BCUT2D eigenvalue weighted by Crippen LogP contribution is 2.25. The number of aryl methyl sites for hydroxylation is 1. The van der Waals surface area contributed by atoms with Crippen LogP contribution in [-0.2, 0) is 11.3 Å². The van der Waals surface area contributed by atoms with E-state index in [-0.39, 0.29) is 11.6 Å². The van der Waals surface area contributed by atoms with Gasteiger partial charge in [-0.3, -0.25) is 0 Å². The van der Waals surface area contributed by atoms with Crippen LogP contribution in [0.15, 0.2) is 23.2 Å². The Morgan fingerprint density at radius 3 is 2.59 bits per heavy atom. The minimum Gasteiger partial charge on any atom is -0.490 e. The molecule has 1 aromatic carbocycles. The Hall–Kier alpha value is -1.79. The Morgan fingerprint density at radius 1 is 1.24 bits per heavy atom. The maximum absolute atomic E-state index is 6.14. The third-order valence-corrected chi connectivity index (χ3v) is 5.83. The molecule has 0 bridgehead atoms. The van der Waals surface area contributed by atoms with Crippen molar-refractivity contribution in [3.05, 3.63) is 29.3 Å². The number of benzene rings is 1. The molecule has 1 fully saturated rings. The first-order chi connectivity index (χ1) is 13.9. The second-order valence-electron chi connectivity index (χ2n) is 8.23. The fraction of sp³-hybridized carbons (Fsp3) is 0.696. The van der Waals surface area contributed by atoms with Crippen LogP contribution >= 0.6 is 0 Å². The molecular weight excluding hydrogens is 364 g/mol. The highest BCUT2D eigenvalue weighted by atomic mass is 16.5. The lowest BCUT2D eigenvalue weighted by molar-refractivity contribution is -0.00501. The van der Waals surface area contributed by atoms with E-state index in [2.05, 4.69) is 75.5 Å². The third-order valence-electron chi connectivity index (χ3n) is 5.83. The average molecular weight is 405 g/mol. The molecule has 0 aliphatic carbocycles. The Balaban J connectivity index is 2.10. The second kappa shape index (κ2) is 11.4. The molecule has 1 unspecified atom stereocenters. The highest BCUT2D eigenvalue weighted by Gasteiger charge is 2.34. The summed E-state index contributed by atoms with van der Waals surface area (Å²) in [5, 5.41) is 6.95. The van der Waals surface area contributed by atoms with E-state index in [0.717, 1.165) is 62.8 Å². The SMILES string of the molecule is CCNC(=NCc1ccc(C)cc1OC(C)CC)NCC1(N(C)C)CCOCC1. The molecule has 2 rings (SSSR count). The number of rotatable bonds is 9. The molecule has 2 N–H and O–H groups in total. The number of guanidine groups is 1. The van der Waals surface area contributed by atoms with E-state index in [0.29, 0.717) is 6.54 Å². The van der Waals surface area contributed by atoms with Crippen molar-refractivity contribution >= 4 is 5.96 Å². The van der Waals surface area contributed by atoms with Crippen molar-refractivity contribution in [1.29, 1.82) is 0 Å². The summed E-state index contributed by atoms with van der Waals surface area (Å²) in [6, 6.07) is 6.36. The van der Waals surface area contributed by atoms with Crippen molar-refractivity contribution in [1.82, 2.24) is 15.5 Å². The standard InChI is InChI=1S/C23H40N4O2/c1-7-19(4)29-21-15-18(3)9-10-20(21)16-25-22(24-8-2)26-17-23(27(5)6)11-13-28-14-12-23/h9-10,15,19H,7-8,11-14,16-17H2,1-6H3,(H2,24,25,26). The zero-order chi connectivity index (χ0) is 21.3. The van der Waals surface area contributed by atoms with E-state index in [1.807, 2.05) is 0 Å². The number of hydrogen-bond donors (Lipinski definition) is 2. The zero-order valence-electron chi connectivity index (χ0n) is 19.2. The minimum absolute atomic E-state index is 0.100. The van der Waals surface area contributed by atoms with Gasteiger partial charge < -0.3 is 25.0 Å². The van der Waals surface area contributed by atoms with Crippen LogP contribution in [0.3, 0.4) is 0 Å². The van der Waals surface area contributed by atoms with Crippen LogP contribution in [0.2, 0.25) is 0 Å². The van der Waals surface area contributed by atoms with Crippen molar-refractivity contribution < 1.29 is 9.47 Å². The van der Waals surface area contributed by atoms with Gasteiger partial charge in [-0.15, -0.1) is 0 Å². The first kappa shape index (κ1) is 23.5. The molecule has 29 heavy (non-hydrogen) atoms. The normalized spacial score (nSPS) is 17.8. The number of nitrogens with one attached hydrogen (secondary N) is 2. The predicted molar refractivity (Wildman–Crippen MR) is 121 cm³/mol. The van der Waals surface area contributed by atoms with Gasteiger partial charge in [-0.2, -0.15) is 0 Å². The zero-order valence-corrected chi connectivity index (χ0v) is 19.2. The minimum atomic E-state index is 0.100. The van der Waals surface area contributed by atoms with Crippen LogP contribution in [0.4, 0.5) is 0 Å². The summed E-state index contributed by atoms with van der Waals surface area (Å²) < 4.78 is 11.7. The van der Waals surface area contributed by atoms with Gasteiger partial charge in [-0.25, -0.2) is 4.99 Å². The maximum Gasteiger partial charge on any atom is 0.191 e. The third kappa shape index (κ3) is 6.89. The number of likely N-dealkylation sites (N-methyl/N-ethyl adjacent to an activating group) is 1. The van der Waals surface area contributed by atoms with E-state index in [9.17, 15) is 0 Å². The molecule has 0 radical (unpaired) electrons. The summed E-state index contributed by atoms with van der Waals surface area (Å²) in [6.07, 6.45) is 3.23. The topological polar surface area (TPSA) is 58.1 Å². The molecule has 1 aromatic rings. The molecule has 6 nitrogen and oxygen atoms in total. The van der Waals surface area contributed by atoms with Gasteiger partial charge in [0.2, 0.25) is 0 Å². The molecule has 0 aromatic heterocycles. The van der Waals surface area contributed by atoms with Crippen molar-refractivity contribution in [3.8, 4) is 5.75 Å². The first-order valence-corrected chi connectivity index (χ1v) is 10.9. The fourth-order valence-corrected chi connectivity index (χ4v) is 3.49. The van der Waals surface area contributed by atoms with Gasteiger partial charge in [-0.1, -0.05) is 19.1 Å². The number of ether oxygens (including phenoxy) is 2. The molecule has 164 valence electrons. The maximum atomic E-state index is 6.14. The summed E-state index contributed by atoms with van der Waals surface area (Å²) >= 11 is 0. The van der Waals surface area contributed by atoms with Gasteiger partial charge in [0.25, 0.3) is 0 Å². The Bertz CT molecular complexity index is 654. The highest BCUT2D eigenvalue weighted by molar-refractivity contribution is 5.79. The molecule has 1 atom stereocenters. The molecule has 1 aliphatic heterocycles. The van der Waals surface area contributed by atoms with Gasteiger partial charge in [-0.05, 0) is 65.8 Å². The summed E-state index contributed by atoms with van der Waals surface area (Å²) in [6.45, 7) is 12.3. The molecule has 0 amide bonds. The number of hydrogen-bond acceptors (Lipinski definition) is 4. The Morgan fingerprint density at radius 2 is 1.97 bits per heavy atom. The van der Waals surface area contributed by atoms with Crippen LogP contribution in [0.5, 0.6) is 5.75 Å². The smallest absolute Gasteiger partial charge is 0.191 e. The summed E-state index contributed by atoms with van der Waals surface area (Å²) in [4.78, 5) is 7.17. The lowest BCUT2D eigenvalue weighted by Crippen LogP contribution is -2.57. The van der Waals surface area contributed by atoms with E-state index >= 15 is 0 Å². The van der Waals surface area contributed by atoms with Crippen molar-refractivity contribution in [3.63, 3.8) is 0 Å². The fourth-order valence-electron chi connectivity index (χ4n) is 3.49. The van der Waals surface area contributed by atoms with E-state index in [1.165, 1.54) is 5.56 Å². The summed E-state index contributed by atoms with van der Waals surface area (Å²) in [5.41, 5.74) is 2.42. The van der Waals surface area contributed by atoms with Crippen LogP contribution in [0.1, 0.15) is 51.2 Å². The first-order valence-electron chi connectivity index (χ1n) is 10.9. The Labute approximate surface area is 177 Å². The average Bonchev–Trinajstić information content (AvgIpc) is 2.71. The Kier molecular flexibility index (Phi) is 9.24. The molecule has 1 saturated heterocycles. The van der Waals surface area contributed by atoms with E-state index < -0.39 is 0 Å². The largest absolute Gasteiger partial charge is 0.490 e. The van der Waals surface area contributed by atoms with Crippen LogP contribution in [-0.4, -0.2) is 62.9 Å². The van der Waals surface area contributed by atoms with Crippen LogP contribution < -0.4 is 15.4 Å². The van der Waals surface area contributed by atoms with E-state index in [1.54, 1.807) is 0 Å². The number of nitrogens with zero attached hydrogens (tertiary/aromatic N) is 2. The quantitative estimate of drug-likeness (QED) is 0.488. The van der Waals surface area contributed by atoms with Crippen molar-refractivity contribution in [2.45, 2.75) is 65.1 Å². The number of aliphatic imine (C=N–C) groups is 1.